The predicted molar refractivity (Wildman–Crippen MR) is 178 cm³/mol. The van der Waals surface area contributed by atoms with Crippen LogP contribution >= 0.6 is 10.5 Å². The molecule has 1 N–H and O–H groups in total. The van der Waals surface area contributed by atoms with Crippen molar-refractivity contribution in [3.8, 4) is 12.3 Å². The molecule has 3 unspecified atom stereocenters. The summed E-state index contributed by atoms with van der Waals surface area (Å²) in [6.07, 6.45) is 21.3. The van der Waals surface area contributed by atoms with Crippen LogP contribution in [-0.4, -0.2) is 23.9 Å². The van der Waals surface area contributed by atoms with E-state index < -0.39 is 0 Å². The van der Waals surface area contributed by atoms with Gasteiger partial charge in [-0.2, -0.15) is 10.5 Å². The molecule has 204 valence electrons. The van der Waals surface area contributed by atoms with Crippen LogP contribution in [0.5, 0.6) is 0 Å². The quantitative estimate of drug-likeness (QED) is 0.139. The van der Waals surface area contributed by atoms with Crippen molar-refractivity contribution < 1.29 is 0 Å². The maximum absolute atomic E-state index is 6.17. The Morgan fingerprint density at radius 1 is 1.03 bits per heavy atom. The van der Waals surface area contributed by atoms with E-state index in [1.807, 2.05) is 0 Å². The number of rotatable bonds is 12. The van der Waals surface area contributed by atoms with Gasteiger partial charge < -0.3 is 0 Å². The summed E-state index contributed by atoms with van der Waals surface area (Å²) < 4.78 is 0. The molecule has 1 nitrogen and oxygen atoms in total. The smallest absolute Gasteiger partial charge is 0.0756 e. The molecule has 3 aromatic rings. The lowest BCUT2D eigenvalue weighted by Gasteiger charge is -2.23. The highest BCUT2D eigenvalue weighted by molar-refractivity contribution is 8.13. The van der Waals surface area contributed by atoms with Crippen molar-refractivity contribution in [1.29, 1.82) is 0 Å². The van der Waals surface area contributed by atoms with Crippen LogP contribution in [0.15, 0.2) is 103 Å². The highest BCUT2D eigenvalue weighted by atomic mass is 32.2. The fraction of sp³-hybridized carbons (Fsp3) is 0.324. The summed E-state index contributed by atoms with van der Waals surface area (Å²) in [6.45, 7) is 9.54. The summed E-state index contributed by atoms with van der Waals surface area (Å²) >= 11 is 0. The van der Waals surface area contributed by atoms with Crippen LogP contribution < -0.4 is 5.32 Å². The van der Waals surface area contributed by atoms with Crippen molar-refractivity contribution in [1.82, 2.24) is 5.32 Å². The van der Waals surface area contributed by atoms with Crippen LogP contribution in [0.25, 0.3) is 10.8 Å². The van der Waals surface area contributed by atoms with Gasteiger partial charge in [0.05, 0.1) is 6.04 Å². The monoisotopic (exact) mass is 535 g/mol. The molecule has 3 rings (SSSR count). The second-order valence-corrected chi connectivity index (χ2v) is 13.3. The lowest BCUT2D eigenvalue weighted by molar-refractivity contribution is 0.481. The number of nitrogens with one attached hydrogen (secondary N) is 1. The Morgan fingerprint density at radius 2 is 1.72 bits per heavy atom. The minimum atomic E-state index is -0.0960. The lowest BCUT2D eigenvalue weighted by atomic mass is 9.85. The summed E-state index contributed by atoms with van der Waals surface area (Å²) in [4.78, 5) is 0. The largest absolute Gasteiger partial charge is 0.299 e. The van der Waals surface area contributed by atoms with E-state index >= 15 is 0 Å². The topological polar surface area (TPSA) is 12.0 Å². The van der Waals surface area contributed by atoms with Crippen LogP contribution in [0.1, 0.15) is 44.4 Å². The van der Waals surface area contributed by atoms with Crippen molar-refractivity contribution in [3.63, 3.8) is 0 Å². The van der Waals surface area contributed by atoms with E-state index in [1.165, 1.54) is 33.0 Å². The first-order chi connectivity index (χ1) is 18.7. The number of hydrogen-bond acceptors (Lipinski definition) is 1. The Kier molecular flexibility index (Phi) is 11.6. The molecule has 0 saturated carbocycles. The third-order valence-corrected chi connectivity index (χ3v) is 7.98. The van der Waals surface area contributed by atoms with Gasteiger partial charge in [0.2, 0.25) is 0 Å². The molecule has 0 bridgehead atoms. The maximum Gasteiger partial charge on any atom is 0.0756 e. The van der Waals surface area contributed by atoms with E-state index in [1.54, 1.807) is 0 Å². The molecule has 0 amide bonds. The van der Waals surface area contributed by atoms with E-state index in [9.17, 15) is 0 Å². The third-order valence-electron chi connectivity index (χ3n) is 7.08. The molecule has 0 radical (unpaired) electrons. The number of hydrogen-bond donors (Lipinski definition) is 1. The molecular formula is C37H45NS. The molecule has 0 aliphatic rings. The summed E-state index contributed by atoms with van der Waals surface area (Å²) in [6, 6.07) is 24.0. The molecule has 39 heavy (non-hydrogen) atoms. The zero-order chi connectivity index (χ0) is 28.3. The number of benzene rings is 3. The van der Waals surface area contributed by atoms with Gasteiger partial charge in [0, 0.05) is 12.5 Å². The molecular weight excluding hydrogens is 490 g/mol. The van der Waals surface area contributed by atoms with Crippen molar-refractivity contribution in [2.75, 3.05) is 12.0 Å². The van der Waals surface area contributed by atoms with Crippen molar-refractivity contribution in [3.05, 3.63) is 119 Å². The summed E-state index contributed by atoms with van der Waals surface area (Å²) in [5.41, 5.74) is 5.32. The standard InChI is InChI=1S/C37H45NS/c1-8-14-34(37(3,4)5)19-13-17-32(27-30-23-21-29(22-24-30)25-26-39(6)7)36(9-2)38-28-33-18-12-16-31-15-10-11-20-35(31)33/h2,8,10-24,32,36,38H,6,25-28H2,1,3-5,7H3/b14-8-,17-13+,34-19+. The van der Waals surface area contributed by atoms with Crippen LogP contribution in [0, 0.1) is 23.7 Å². The number of terminal acetylenes is 1. The summed E-state index contributed by atoms with van der Waals surface area (Å²) in [5.74, 6) is 8.51. The molecule has 0 spiro atoms. The lowest BCUT2D eigenvalue weighted by Crippen LogP contribution is -2.35. The van der Waals surface area contributed by atoms with Crippen molar-refractivity contribution in [2.45, 2.75) is 53.1 Å². The SMILES string of the molecule is C#CC(NCc1cccc2ccccc12)C(/C=C/C=C(\C=C/C)C(C)(C)C)Cc1ccc(CCS(=C)C)cc1. The minimum Gasteiger partial charge on any atom is -0.299 e. The Balaban J connectivity index is 1.85. The molecule has 0 aliphatic heterocycles. The van der Waals surface area contributed by atoms with Gasteiger partial charge in [-0.3, -0.25) is 5.32 Å². The molecule has 0 heterocycles. The van der Waals surface area contributed by atoms with Gasteiger partial charge in [0.1, 0.15) is 0 Å². The molecule has 2 heteroatoms. The van der Waals surface area contributed by atoms with Crippen molar-refractivity contribution >= 4 is 27.1 Å². The van der Waals surface area contributed by atoms with Gasteiger partial charge in [-0.1, -0.05) is 130 Å². The van der Waals surface area contributed by atoms with Crippen molar-refractivity contribution in [2.24, 2.45) is 11.3 Å². The number of aryl methyl sites for hydroxylation is 1. The third kappa shape index (κ3) is 9.54. The second kappa shape index (κ2) is 14.9. The van der Waals surface area contributed by atoms with Gasteiger partial charge in [0.25, 0.3) is 0 Å². The first-order valence-electron chi connectivity index (χ1n) is 13.9. The van der Waals surface area contributed by atoms with E-state index in [4.69, 9.17) is 6.42 Å². The predicted octanol–water partition coefficient (Wildman–Crippen LogP) is 8.77. The second-order valence-electron chi connectivity index (χ2n) is 11.3. The zero-order valence-corrected chi connectivity index (χ0v) is 25.2. The van der Waals surface area contributed by atoms with Gasteiger partial charge in [-0.25, -0.2) is 0 Å². The number of fused-ring (bicyclic) bond motifs is 1. The Morgan fingerprint density at radius 3 is 2.38 bits per heavy atom. The van der Waals surface area contributed by atoms with Crippen LogP contribution in [-0.2, 0) is 19.4 Å². The molecule has 0 aliphatic carbocycles. The van der Waals surface area contributed by atoms with Gasteiger partial charge >= 0.3 is 0 Å². The molecule has 0 aromatic heterocycles. The molecule has 0 saturated heterocycles. The normalized spacial score (nSPS) is 15.0. The minimum absolute atomic E-state index is 0.0758. The molecule has 3 aromatic carbocycles. The van der Waals surface area contributed by atoms with Crippen LogP contribution in [0.3, 0.4) is 0 Å². The van der Waals surface area contributed by atoms with Gasteiger partial charge in [-0.05, 0) is 70.2 Å². The first-order valence-corrected chi connectivity index (χ1v) is 15.9. The van der Waals surface area contributed by atoms with Gasteiger partial charge in [0.15, 0.2) is 0 Å². The molecule has 0 fully saturated rings. The van der Waals surface area contributed by atoms with E-state index in [-0.39, 0.29) is 27.9 Å². The van der Waals surface area contributed by atoms with E-state index in [0.717, 1.165) is 25.1 Å². The summed E-state index contributed by atoms with van der Waals surface area (Å²) in [5, 5.41) is 6.23. The Hall–Kier alpha value is -3.12. The fourth-order valence-corrected chi connectivity index (χ4v) is 5.32. The highest BCUT2D eigenvalue weighted by Gasteiger charge is 2.18. The zero-order valence-electron chi connectivity index (χ0n) is 24.4. The van der Waals surface area contributed by atoms with E-state index in [0.29, 0.717) is 0 Å². The van der Waals surface area contributed by atoms with Gasteiger partial charge in [-0.15, -0.1) is 6.42 Å². The Labute approximate surface area is 240 Å². The summed E-state index contributed by atoms with van der Waals surface area (Å²) in [7, 11) is 0.219. The van der Waals surface area contributed by atoms with Crippen LogP contribution in [0.2, 0.25) is 0 Å². The first kappa shape index (κ1) is 30.4. The maximum atomic E-state index is 6.17. The molecule has 3 atom stereocenters. The highest BCUT2D eigenvalue weighted by Crippen LogP contribution is 2.27. The van der Waals surface area contributed by atoms with Crippen LogP contribution in [0.4, 0.5) is 0 Å². The average Bonchev–Trinajstić information content (AvgIpc) is 2.91. The average molecular weight is 536 g/mol. The Bertz CT molecular complexity index is 1350. The fourth-order valence-electron chi connectivity index (χ4n) is 4.74. The number of allylic oxidation sites excluding steroid dienone is 5. The van der Waals surface area contributed by atoms with E-state index in [2.05, 4.69) is 148 Å².